The quantitative estimate of drug-likeness (QED) is 0.699. The summed E-state index contributed by atoms with van der Waals surface area (Å²) in [5.74, 6) is 0.768. The van der Waals surface area contributed by atoms with Gasteiger partial charge in [0.15, 0.2) is 0 Å². The lowest BCUT2D eigenvalue weighted by Crippen LogP contribution is -1.81. The Bertz CT molecular complexity index is 747. The van der Waals surface area contributed by atoms with E-state index in [-0.39, 0.29) is 0 Å². The molecule has 1 N–H and O–H groups in total. The van der Waals surface area contributed by atoms with Gasteiger partial charge in [-0.05, 0) is 42.3 Å². The minimum atomic E-state index is 0.599. The van der Waals surface area contributed by atoms with E-state index in [0.29, 0.717) is 10.0 Å². The number of aryl methyl sites for hydroxylation is 1. The van der Waals surface area contributed by atoms with Crippen LogP contribution in [0.5, 0.6) is 0 Å². The molecule has 1 heterocycles. The average molecular weight is 291 g/mol. The number of aromatic amines is 1. The fourth-order valence-corrected chi connectivity index (χ4v) is 2.58. The van der Waals surface area contributed by atoms with Crippen LogP contribution in [-0.4, -0.2) is 9.97 Å². The molecule has 96 valence electrons. The van der Waals surface area contributed by atoms with Gasteiger partial charge in [0.2, 0.25) is 0 Å². The SMILES string of the molecule is CCc1ccc2nc(-c3ccc(Cl)cc3Cl)[nH]c2c1. The summed E-state index contributed by atoms with van der Waals surface area (Å²) in [6.07, 6.45) is 1.01. The van der Waals surface area contributed by atoms with Crippen LogP contribution in [0.25, 0.3) is 22.4 Å². The maximum absolute atomic E-state index is 6.21. The monoisotopic (exact) mass is 290 g/mol. The minimum absolute atomic E-state index is 0.599. The Balaban J connectivity index is 2.14. The maximum atomic E-state index is 6.21. The van der Waals surface area contributed by atoms with E-state index in [4.69, 9.17) is 23.2 Å². The molecule has 2 nitrogen and oxygen atoms in total. The number of benzene rings is 2. The number of aromatic nitrogens is 2. The molecule has 1 aromatic heterocycles. The predicted molar refractivity (Wildman–Crippen MR) is 80.9 cm³/mol. The van der Waals surface area contributed by atoms with E-state index in [1.165, 1.54) is 5.56 Å². The molecule has 0 atom stereocenters. The number of rotatable bonds is 2. The van der Waals surface area contributed by atoms with Gasteiger partial charge in [0.25, 0.3) is 0 Å². The zero-order valence-electron chi connectivity index (χ0n) is 10.4. The van der Waals surface area contributed by atoms with Gasteiger partial charge >= 0.3 is 0 Å². The molecule has 0 unspecified atom stereocenters. The zero-order chi connectivity index (χ0) is 13.4. The predicted octanol–water partition coefficient (Wildman–Crippen LogP) is 5.10. The molecule has 0 aliphatic heterocycles. The lowest BCUT2D eigenvalue weighted by atomic mass is 10.1. The van der Waals surface area contributed by atoms with Crippen LogP contribution in [-0.2, 0) is 6.42 Å². The Kier molecular flexibility index (Phi) is 3.21. The molecule has 0 fully saturated rings. The van der Waals surface area contributed by atoms with Crippen molar-refractivity contribution in [2.24, 2.45) is 0 Å². The molecule has 0 spiro atoms. The topological polar surface area (TPSA) is 28.7 Å². The largest absolute Gasteiger partial charge is 0.338 e. The normalized spacial score (nSPS) is 11.1. The maximum Gasteiger partial charge on any atom is 0.139 e. The van der Waals surface area contributed by atoms with Gasteiger partial charge in [0, 0.05) is 10.6 Å². The molecule has 0 amide bonds. The highest BCUT2D eigenvalue weighted by Gasteiger charge is 2.09. The minimum Gasteiger partial charge on any atom is -0.338 e. The van der Waals surface area contributed by atoms with Gasteiger partial charge in [-0.15, -0.1) is 0 Å². The molecule has 0 aliphatic carbocycles. The number of nitrogens with zero attached hydrogens (tertiary/aromatic N) is 1. The van der Waals surface area contributed by atoms with Crippen LogP contribution in [0.4, 0.5) is 0 Å². The molecule has 19 heavy (non-hydrogen) atoms. The van der Waals surface area contributed by atoms with Gasteiger partial charge in [-0.2, -0.15) is 0 Å². The van der Waals surface area contributed by atoms with Gasteiger partial charge in [-0.3, -0.25) is 0 Å². The highest BCUT2D eigenvalue weighted by atomic mass is 35.5. The molecule has 0 saturated carbocycles. The van der Waals surface area contributed by atoms with Crippen LogP contribution in [0.1, 0.15) is 12.5 Å². The summed E-state index contributed by atoms with van der Waals surface area (Å²) in [6, 6.07) is 11.7. The summed E-state index contributed by atoms with van der Waals surface area (Å²) >= 11 is 12.1. The Hall–Kier alpha value is -1.51. The second-order valence-electron chi connectivity index (χ2n) is 4.41. The lowest BCUT2D eigenvalue weighted by Gasteiger charge is -2.00. The van der Waals surface area contributed by atoms with E-state index >= 15 is 0 Å². The number of H-pyrrole nitrogens is 1. The second-order valence-corrected chi connectivity index (χ2v) is 5.26. The molecular formula is C15H12Cl2N2. The van der Waals surface area contributed by atoms with Crippen molar-refractivity contribution in [2.75, 3.05) is 0 Å². The van der Waals surface area contributed by atoms with E-state index in [2.05, 4.69) is 29.0 Å². The van der Waals surface area contributed by atoms with Crippen molar-refractivity contribution in [3.05, 3.63) is 52.0 Å². The van der Waals surface area contributed by atoms with Crippen molar-refractivity contribution < 1.29 is 0 Å². The van der Waals surface area contributed by atoms with E-state index in [1.54, 1.807) is 6.07 Å². The Labute approximate surface area is 121 Å². The third-order valence-electron chi connectivity index (χ3n) is 3.14. The number of nitrogens with one attached hydrogen (secondary N) is 1. The van der Waals surface area contributed by atoms with Gasteiger partial charge in [-0.1, -0.05) is 36.2 Å². The summed E-state index contributed by atoms with van der Waals surface area (Å²) in [6.45, 7) is 2.13. The van der Waals surface area contributed by atoms with Crippen molar-refractivity contribution in [3.63, 3.8) is 0 Å². The number of fused-ring (bicyclic) bond motifs is 1. The fraction of sp³-hybridized carbons (Fsp3) is 0.133. The third-order valence-corrected chi connectivity index (χ3v) is 3.69. The molecule has 0 radical (unpaired) electrons. The number of halogens is 2. The summed E-state index contributed by atoms with van der Waals surface area (Å²) in [4.78, 5) is 7.87. The van der Waals surface area contributed by atoms with Gasteiger partial charge < -0.3 is 4.98 Å². The lowest BCUT2D eigenvalue weighted by molar-refractivity contribution is 1.14. The molecule has 0 aliphatic rings. The van der Waals surface area contributed by atoms with Crippen LogP contribution >= 0.6 is 23.2 Å². The summed E-state index contributed by atoms with van der Waals surface area (Å²) < 4.78 is 0. The summed E-state index contributed by atoms with van der Waals surface area (Å²) in [5, 5.41) is 1.22. The average Bonchev–Trinajstić information content (AvgIpc) is 2.80. The third kappa shape index (κ3) is 2.34. The smallest absolute Gasteiger partial charge is 0.139 e. The van der Waals surface area contributed by atoms with Crippen LogP contribution in [0.15, 0.2) is 36.4 Å². The number of hydrogen-bond donors (Lipinski definition) is 1. The Morgan fingerprint density at radius 1 is 1.11 bits per heavy atom. The molecule has 3 rings (SSSR count). The standard InChI is InChI=1S/C15H12Cl2N2/c1-2-9-3-6-13-14(7-9)19-15(18-13)11-5-4-10(16)8-12(11)17/h3-8H,2H2,1H3,(H,18,19). The van der Waals surface area contributed by atoms with Crippen molar-refractivity contribution >= 4 is 34.2 Å². The first-order valence-corrected chi connectivity index (χ1v) is 6.87. The Morgan fingerprint density at radius 2 is 1.95 bits per heavy atom. The first-order valence-electron chi connectivity index (χ1n) is 6.11. The molecule has 3 aromatic rings. The van der Waals surface area contributed by atoms with Crippen molar-refractivity contribution in [3.8, 4) is 11.4 Å². The van der Waals surface area contributed by atoms with Gasteiger partial charge in [-0.25, -0.2) is 4.98 Å². The van der Waals surface area contributed by atoms with Crippen molar-refractivity contribution in [2.45, 2.75) is 13.3 Å². The van der Waals surface area contributed by atoms with E-state index in [0.717, 1.165) is 28.8 Å². The van der Waals surface area contributed by atoms with Gasteiger partial charge in [0.05, 0.1) is 16.1 Å². The van der Waals surface area contributed by atoms with E-state index < -0.39 is 0 Å². The van der Waals surface area contributed by atoms with Crippen LogP contribution in [0, 0.1) is 0 Å². The molecule has 0 saturated heterocycles. The summed E-state index contributed by atoms with van der Waals surface area (Å²) in [5.41, 5.74) is 4.11. The first-order chi connectivity index (χ1) is 9.17. The number of imidazole rings is 1. The van der Waals surface area contributed by atoms with Crippen molar-refractivity contribution in [1.29, 1.82) is 0 Å². The summed E-state index contributed by atoms with van der Waals surface area (Å²) in [7, 11) is 0. The Morgan fingerprint density at radius 3 is 2.68 bits per heavy atom. The van der Waals surface area contributed by atoms with Crippen molar-refractivity contribution in [1.82, 2.24) is 9.97 Å². The zero-order valence-corrected chi connectivity index (χ0v) is 11.9. The first kappa shape index (κ1) is 12.5. The molecule has 0 bridgehead atoms. The second kappa shape index (κ2) is 4.87. The molecular weight excluding hydrogens is 279 g/mol. The molecule has 4 heteroatoms. The van der Waals surface area contributed by atoms with E-state index in [9.17, 15) is 0 Å². The van der Waals surface area contributed by atoms with Gasteiger partial charge in [0.1, 0.15) is 5.82 Å². The fourth-order valence-electron chi connectivity index (χ4n) is 2.09. The van der Waals surface area contributed by atoms with Crippen LogP contribution in [0.2, 0.25) is 10.0 Å². The molecule has 2 aromatic carbocycles. The van der Waals surface area contributed by atoms with E-state index in [1.807, 2.05) is 18.2 Å². The highest BCUT2D eigenvalue weighted by Crippen LogP contribution is 2.30. The highest BCUT2D eigenvalue weighted by molar-refractivity contribution is 6.36. The number of hydrogen-bond acceptors (Lipinski definition) is 1. The van der Waals surface area contributed by atoms with Crippen LogP contribution < -0.4 is 0 Å². The van der Waals surface area contributed by atoms with Crippen LogP contribution in [0.3, 0.4) is 0 Å².